The molecule has 1 aromatic carbocycles. The zero-order valence-electron chi connectivity index (χ0n) is 11.6. The maximum absolute atomic E-state index is 11.3. The first-order valence-corrected chi connectivity index (χ1v) is 6.75. The number of nitrogens with zero attached hydrogens (tertiary/aromatic N) is 1. The Morgan fingerprint density at radius 3 is 2.65 bits per heavy atom. The molecule has 2 aromatic rings. The molecule has 0 bridgehead atoms. The van der Waals surface area contributed by atoms with Crippen molar-refractivity contribution < 1.29 is 9.90 Å². The molecule has 2 N–H and O–H groups in total. The zero-order valence-corrected chi connectivity index (χ0v) is 11.6. The molecule has 1 atom stereocenters. The van der Waals surface area contributed by atoms with E-state index in [1.54, 1.807) is 6.07 Å². The number of rotatable bonds is 2. The minimum absolute atomic E-state index is 0.116. The quantitative estimate of drug-likeness (QED) is 0.878. The molecule has 0 saturated heterocycles. The number of carboxylic acid groups (broad SMARTS) is 1. The van der Waals surface area contributed by atoms with Crippen LogP contribution in [0.1, 0.15) is 42.2 Å². The Balaban J connectivity index is 2.05. The number of carbonyl (C=O) groups is 1. The summed E-state index contributed by atoms with van der Waals surface area (Å²) in [6.07, 6.45) is 2.77. The molecule has 20 heavy (non-hydrogen) atoms. The molecule has 0 spiro atoms. The number of hydrogen-bond acceptors (Lipinski definition) is 2. The highest BCUT2D eigenvalue weighted by atomic mass is 16.4. The smallest absolute Gasteiger partial charge is 0.339 e. The Morgan fingerprint density at radius 2 is 2.00 bits per heavy atom. The molecule has 0 radical (unpaired) electrons. The average Bonchev–Trinajstić information content (AvgIpc) is 2.84. The van der Waals surface area contributed by atoms with E-state index < -0.39 is 5.97 Å². The molecular formula is C16H18N2O2. The second kappa shape index (κ2) is 4.40. The van der Waals surface area contributed by atoms with Gasteiger partial charge < -0.3 is 15.0 Å². The van der Waals surface area contributed by atoms with Gasteiger partial charge >= 0.3 is 5.97 Å². The van der Waals surface area contributed by atoms with Crippen molar-refractivity contribution in [3.8, 4) is 0 Å². The predicted octanol–water partition coefficient (Wildman–Crippen LogP) is 3.48. The van der Waals surface area contributed by atoms with Crippen LogP contribution in [0.25, 0.3) is 0 Å². The SMILES string of the molecule is CC1(C)CC(c2ccccc2)Nc2c(C(=O)O)ccn21. The number of hydrogen-bond donors (Lipinski definition) is 2. The summed E-state index contributed by atoms with van der Waals surface area (Å²) in [7, 11) is 0. The van der Waals surface area contributed by atoms with E-state index >= 15 is 0 Å². The minimum Gasteiger partial charge on any atom is -0.478 e. The van der Waals surface area contributed by atoms with E-state index in [0.717, 1.165) is 6.42 Å². The van der Waals surface area contributed by atoms with E-state index in [1.807, 2.05) is 29.0 Å². The van der Waals surface area contributed by atoms with Gasteiger partial charge in [0.15, 0.2) is 0 Å². The Hall–Kier alpha value is -2.23. The van der Waals surface area contributed by atoms with Gasteiger partial charge in [0.05, 0.1) is 6.04 Å². The van der Waals surface area contributed by atoms with Gasteiger partial charge in [-0.2, -0.15) is 0 Å². The fourth-order valence-corrected chi connectivity index (χ4v) is 2.96. The first-order valence-electron chi connectivity index (χ1n) is 6.75. The van der Waals surface area contributed by atoms with Crippen LogP contribution in [0.3, 0.4) is 0 Å². The minimum atomic E-state index is -0.893. The van der Waals surface area contributed by atoms with Gasteiger partial charge in [-0.05, 0) is 31.9 Å². The van der Waals surface area contributed by atoms with Crippen molar-refractivity contribution in [3.63, 3.8) is 0 Å². The molecule has 2 heterocycles. The van der Waals surface area contributed by atoms with Crippen molar-refractivity contribution in [1.29, 1.82) is 0 Å². The maximum atomic E-state index is 11.3. The van der Waals surface area contributed by atoms with Crippen LogP contribution in [0.4, 0.5) is 5.82 Å². The van der Waals surface area contributed by atoms with E-state index in [-0.39, 0.29) is 11.6 Å². The molecule has 0 saturated carbocycles. The Kier molecular flexibility index (Phi) is 2.82. The standard InChI is InChI=1S/C16H18N2O2/c1-16(2)10-13(11-6-4-3-5-7-11)17-14-12(15(19)20)8-9-18(14)16/h3-9,13,17H,10H2,1-2H3,(H,19,20). The fraction of sp³-hybridized carbons (Fsp3) is 0.312. The summed E-state index contributed by atoms with van der Waals surface area (Å²) in [6, 6.07) is 12.0. The fourth-order valence-electron chi connectivity index (χ4n) is 2.96. The Labute approximate surface area is 118 Å². The molecule has 0 amide bonds. The topological polar surface area (TPSA) is 54.3 Å². The van der Waals surface area contributed by atoms with Crippen molar-refractivity contribution in [3.05, 3.63) is 53.7 Å². The largest absolute Gasteiger partial charge is 0.478 e. The summed E-state index contributed by atoms with van der Waals surface area (Å²) in [4.78, 5) is 11.3. The predicted molar refractivity (Wildman–Crippen MR) is 78.1 cm³/mol. The van der Waals surface area contributed by atoms with E-state index in [2.05, 4.69) is 31.3 Å². The van der Waals surface area contributed by atoms with Crippen LogP contribution >= 0.6 is 0 Å². The number of fused-ring (bicyclic) bond motifs is 1. The van der Waals surface area contributed by atoms with Gasteiger partial charge in [0.2, 0.25) is 0 Å². The van der Waals surface area contributed by atoms with Crippen LogP contribution in [0.15, 0.2) is 42.6 Å². The van der Waals surface area contributed by atoms with Gasteiger partial charge in [-0.1, -0.05) is 30.3 Å². The van der Waals surface area contributed by atoms with Crippen LogP contribution in [0.5, 0.6) is 0 Å². The van der Waals surface area contributed by atoms with Gasteiger partial charge in [0.1, 0.15) is 11.4 Å². The lowest BCUT2D eigenvalue weighted by molar-refractivity contribution is 0.0697. The molecule has 4 heteroatoms. The number of nitrogens with one attached hydrogen (secondary N) is 1. The number of aromatic carboxylic acids is 1. The summed E-state index contributed by atoms with van der Waals surface area (Å²) >= 11 is 0. The Morgan fingerprint density at radius 1 is 1.30 bits per heavy atom. The van der Waals surface area contributed by atoms with E-state index in [0.29, 0.717) is 11.4 Å². The number of anilines is 1. The van der Waals surface area contributed by atoms with Crippen LogP contribution in [-0.4, -0.2) is 15.6 Å². The summed E-state index contributed by atoms with van der Waals surface area (Å²) in [5.74, 6) is -0.196. The number of benzene rings is 1. The van der Waals surface area contributed by atoms with Crippen molar-refractivity contribution in [2.24, 2.45) is 0 Å². The van der Waals surface area contributed by atoms with Gasteiger partial charge in [-0.15, -0.1) is 0 Å². The highest BCUT2D eigenvalue weighted by molar-refractivity contribution is 5.93. The van der Waals surface area contributed by atoms with Crippen LogP contribution in [0.2, 0.25) is 0 Å². The molecule has 0 aliphatic carbocycles. The maximum Gasteiger partial charge on any atom is 0.339 e. The first-order chi connectivity index (χ1) is 9.49. The van der Waals surface area contributed by atoms with E-state index in [1.165, 1.54) is 5.56 Å². The van der Waals surface area contributed by atoms with Crippen molar-refractivity contribution in [1.82, 2.24) is 4.57 Å². The van der Waals surface area contributed by atoms with Crippen LogP contribution in [-0.2, 0) is 5.54 Å². The molecule has 4 nitrogen and oxygen atoms in total. The van der Waals surface area contributed by atoms with Crippen molar-refractivity contribution in [2.45, 2.75) is 31.8 Å². The molecular weight excluding hydrogens is 252 g/mol. The lowest BCUT2D eigenvalue weighted by Crippen LogP contribution is -2.37. The summed E-state index contributed by atoms with van der Waals surface area (Å²) in [6.45, 7) is 4.28. The summed E-state index contributed by atoms with van der Waals surface area (Å²) in [5, 5.41) is 12.7. The third-order valence-corrected chi connectivity index (χ3v) is 3.99. The second-order valence-electron chi connectivity index (χ2n) is 5.88. The van der Waals surface area contributed by atoms with Crippen LogP contribution < -0.4 is 5.32 Å². The molecule has 3 rings (SSSR count). The van der Waals surface area contributed by atoms with E-state index in [4.69, 9.17) is 0 Å². The molecule has 1 aliphatic heterocycles. The highest BCUT2D eigenvalue weighted by Crippen LogP contribution is 2.40. The van der Waals surface area contributed by atoms with Crippen LogP contribution in [0, 0.1) is 0 Å². The summed E-state index contributed by atoms with van der Waals surface area (Å²) < 4.78 is 2.02. The van der Waals surface area contributed by atoms with Gasteiger partial charge in [-0.3, -0.25) is 0 Å². The first kappa shape index (κ1) is 12.8. The molecule has 1 unspecified atom stereocenters. The number of aromatic nitrogens is 1. The molecule has 104 valence electrons. The second-order valence-corrected chi connectivity index (χ2v) is 5.88. The summed E-state index contributed by atoms with van der Waals surface area (Å²) in [5.41, 5.74) is 1.40. The lowest BCUT2D eigenvalue weighted by atomic mass is 9.88. The molecule has 1 aliphatic rings. The van der Waals surface area contributed by atoms with Gasteiger partial charge in [0, 0.05) is 11.7 Å². The van der Waals surface area contributed by atoms with E-state index in [9.17, 15) is 9.90 Å². The van der Waals surface area contributed by atoms with Crippen molar-refractivity contribution >= 4 is 11.8 Å². The third kappa shape index (κ3) is 1.97. The average molecular weight is 270 g/mol. The monoisotopic (exact) mass is 270 g/mol. The third-order valence-electron chi connectivity index (χ3n) is 3.99. The lowest BCUT2D eigenvalue weighted by Gasteiger charge is -2.39. The normalized spacial score (nSPS) is 20.0. The molecule has 1 aromatic heterocycles. The highest BCUT2D eigenvalue weighted by Gasteiger charge is 2.35. The van der Waals surface area contributed by atoms with Gasteiger partial charge in [-0.25, -0.2) is 4.79 Å². The molecule has 0 fully saturated rings. The van der Waals surface area contributed by atoms with Crippen molar-refractivity contribution in [2.75, 3.05) is 5.32 Å². The van der Waals surface area contributed by atoms with Gasteiger partial charge in [0.25, 0.3) is 0 Å². The number of carboxylic acids is 1. The Bertz CT molecular complexity index is 644. The zero-order chi connectivity index (χ0) is 14.3.